The molecule has 6 nitrogen and oxygen atoms in total. The zero-order chi connectivity index (χ0) is 19.0. The minimum atomic E-state index is -0.925. The first-order valence-corrected chi connectivity index (χ1v) is 8.65. The fraction of sp³-hybridized carbons (Fsp3) is 0.579. The zero-order valence-corrected chi connectivity index (χ0v) is 16.0. The summed E-state index contributed by atoms with van der Waals surface area (Å²) in [5.41, 5.74) is -0.164. The van der Waals surface area contributed by atoms with Crippen LogP contribution in [0, 0.1) is 0 Å². The number of nitrogens with one attached hydrogen (secondary N) is 1. The Morgan fingerprint density at radius 3 is 2.44 bits per heavy atom. The van der Waals surface area contributed by atoms with Gasteiger partial charge in [0.1, 0.15) is 16.9 Å². The number of rotatable bonds is 9. The molecule has 0 fully saturated rings. The van der Waals surface area contributed by atoms with Crippen molar-refractivity contribution in [2.45, 2.75) is 59.2 Å². The van der Waals surface area contributed by atoms with E-state index < -0.39 is 11.6 Å². The van der Waals surface area contributed by atoms with E-state index in [0.717, 1.165) is 6.42 Å². The van der Waals surface area contributed by atoms with Gasteiger partial charge in [0.05, 0.1) is 13.2 Å². The van der Waals surface area contributed by atoms with E-state index >= 15 is 0 Å². The highest BCUT2D eigenvalue weighted by atomic mass is 16.5. The molecule has 0 bridgehead atoms. The highest BCUT2D eigenvalue weighted by Crippen LogP contribution is 2.26. The van der Waals surface area contributed by atoms with Crippen molar-refractivity contribution >= 4 is 17.6 Å². The van der Waals surface area contributed by atoms with Gasteiger partial charge in [-0.25, -0.2) is 4.79 Å². The Hall–Kier alpha value is -2.08. The van der Waals surface area contributed by atoms with Gasteiger partial charge in [-0.15, -0.1) is 0 Å². The second kappa shape index (κ2) is 9.42. The Morgan fingerprint density at radius 2 is 1.92 bits per heavy atom. The van der Waals surface area contributed by atoms with E-state index in [0.29, 0.717) is 24.5 Å². The third kappa shape index (κ3) is 5.46. The van der Waals surface area contributed by atoms with Crippen LogP contribution in [0.5, 0.6) is 5.75 Å². The Bertz CT molecular complexity index is 601. The Labute approximate surface area is 149 Å². The number of esters is 1. The van der Waals surface area contributed by atoms with E-state index in [4.69, 9.17) is 14.2 Å². The quantitative estimate of drug-likeness (QED) is 0.685. The molecule has 0 aliphatic rings. The van der Waals surface area contributed by atoms with Crippen LogP contribution in [0.25, 0.3) is 0 Å². The van der Waals surface area contributed by atoms with E-state index in [1.165, 1.54) is 7.11 Å². The minimum Gasteiger partial charge on any atom is -0.490 e. The molecular weight excluding hydrogens is 322 g/mol. The lowest BCUT2D eigenvalue weighted by Crippen LogP contribution is -2.42. The third-order valence-corrected chi connectivity index (χ3v) is 4.16. The standard InChI is InChI=1S/C19H29NO5/c1-7-13(4)25-16-11-10-14(12-15(16)17(21)23-6)20-18(22)19(5,8-2)24-9-3/h10-13H,7-9H2,1-6H3,(H,20,22)/t13-,19-/m0/s1. The molecule has 1 rings (SSSR count). The van der Waals surface area contributed by atoms with Crippen molar-refractivity contribution < 1.29 is 23.8 Å². The van der Waals surface area contributed by atoms with E-state index in [-0.39, 0.29) is 17.6 Å². The lowest BCUT2D eigenvalue weighted by Gasteiger charge is -2.27. The molecule has 0 heterocycles. The fourth-order valence-corrected chi connectivity index (χ4v) is 2.19. The van der Waals surface area contributed by atoms with Gasteiger partial charge in [-0.1, -0.05) is 13.8 Å². The maximum absolute atomic E-state index is 12.5. The second-order valence-electron chi connectivity index (χ2n) is 6.01. The van der Waals surface area contributed by atoms with Crippen LogP contribution in [0.3, 0.4) is 0 Å². The van der Waals surface area contributed by atoms with Gasteiger partial charge in [0, 0.05) is 12.3 Å². The SMILES string of the molecule is CCO[C@@](C)(CC)C(=O)Nc1ccc(O[C@@H](C)CC)c(C(=O)OC)c1. The molecule has 0 radical (unpaired) electrons. The molecule has 0 spiro atoms. The Kier molecular flexibility index (Phi) is 7.90. The molecule has 1 amide bonds. The van der Waals surface area contributed by atoms with Crippen LogP contribution in [0.4, 0.5) is 5.69 Å². The number of ether oxygens (including phenoxy) is 3. The molecule has 0 saturated carbocycles. The van der Waals surface area contributed by atoms with Crippen LogP contribution >= 0.6 is 0 Å². The number of hydrogen-bond acceptors (Lipinski definition) is 5. The lowest BCUT2D eigenvalue weighted by atomic mass is 10.0. The van der Waals surface area contributed by atoms with E-state index in [1.54, 1.807) is 25.1 Å². The van der Waals surface area contributed by atoms with Gasteiger partial charge in [-0.05, 0) is 51.8 Å². The summed E-state index contributed by atoms with van der Waals surface area (Å²) in [6.07, 6.45) is 1.30. The Balaban J connectivity index is 3.09. The van der Waals surface area contributed by atoms with Gasteiger partial charge >= 0.3 is 5.97 Å². The first-order valence-electron chi connectivity index (χ1n) is 8.65. The van der Waals surface area contributed by atoms with E-state index in [9.17, 15) is 9.59 Å². The van der Waals surface area contributed by atoms with Crippen LogP contribution in [-0.4, -0.2) is 37.3 Å². The van der Waals surface area contributed by atoms with E-state index in [2.05, 4.69) is 5.32 Å². The second-order valence-corrected chi connectivity index (χ2v) is 6.01. The van der Waals surface area contributed by atoms with Crippen LogP contribution in [0.15, 0.2) is 18.2 Å². The van der Waals surface area contributed by atoms with Gasteiger partial charge in [-0.3, -0.25) is 4.79 Å². The first-order chi connectivity index (χ1) is 11.8. The summed E-state index contributed by atoms with van der Waals surface area (Å²) >= 11 is 0. The molecule has 0 aromatic heterocycles. The van der Waals surface area contributed by atoms with E-state index in [1.807, 2.05) is 27.7 Å². The van der Waals surface area contributed by atoms with Gasteiger partial charge in [0.2, 0.25) is 0 Å². The van der Waals surface area contributed by atoms with Crippen molar-refractivity contribution in [2.75, 3.05) is 19.0 Å². The lowest BCUT2D eigenvalue weighted by molar-refractivity contribution is -0.139. The predicted octanol–water partition coefficient (Wildman–Crippen LogP) is 3.79. The molecule has 6 heteroatoms. The molecule has 0 saturated heterocycles. The molecule has 140 valence electrons. The molecule has 2 atom stereocenters. The monoisotopic (exact) mass is 351 g/mol. The molecule has 1 aromatic rings. The number of amides is 1. The summed E-state index contributed by atoms with van der Waals surface area (Å²) in [5, 5.41) is 2.80. The number of hydrogen-bond donors (Lipinski definition) is 1. The zero-order valence-electron chi connectivity index (χ0n) is 16.0. The van der Waals surface area contributed by atoms with Crippen LogP contribution in [0.1, 0.15) is 57.8 Å². The number of carbonyl (C=O) groups is 2. The number of anilines is 1. The van der Waals surface area contributed by atoms with Crippen molar-refractivity contribution in [3.8, 4) is 5.75 Å². The van der Waals surface area contributed by atoms with Gasteiger partial charge in [0.15, 0.2) is 0 Å². The average Bonchev–Trinajstić information content (AvgIpc) is 2.61. The van der Waals surface area contributed by atoms with Crippen LogP contribution in [-0.2, 0) is 14.3 Å². The largest absolute Gasteiger partial charge is 0.490 e. The molecular formula is C19H29NO5. The summed E-state index contributed by atoms with van der Waals surface area (Å²) in [6.45, 7) is 9.83. The first kappa shape index (κ1) is 21.0. The maximum atomic E-state index is 12.5. The highest BCUT2D eigenvalue weighted by molar-refractivity contribution is 5.99. The summed E-state index contributed by atoms with van der Waals surface area (Å²) in [7, 11) is 1.31. The smallest absolute Gasteiger partial charge is 0.341 e. The molecule has 1 aromatic carbocycles. The van der Waals surface area contributed by atoms with Crippen LogP contribution in [0.2, 0.25) is 0 Å². The normalized spacial score (nSPS) is 14.3. The molecule has 25 heavy (non-hydrogen) atoms. The molecule has 0 aliphatic heterocycles. The topological polar surface area (TPSA) is 73.9 Å². The van der Waals surface area contributed by atoms with Crippen molar-refractivity contribution in [1.82, 2.24) is 0 Å². The Morgan fingerprint density at radius 1 is 1.24 bits per heavy atom. The summed E-state index contributed by atoms with van der Waals surface area (Å²) in [4.78, 5) is 24.6. The third-order valence-electron chi connectivity index (χ3n) is 4.16. The van der Waals surface area contributed by atoms with Gasteiger partial charge in [-0.2, -0.15) is 0 Å². The number of carbonyl (C=O) groups excluding carboxylic acids is 2. The van der Waals surface area contributed by atoms with Crippen molar-refractivity contribution in [2.24, 2.45) is 0 Å². The minimum absolute atomic E-state index is 0.0369. The number of methoxy groups -OCH3 is 1. The van der Waals surface area contributed by atoms with Crippen molar-refractivity contribution in [1.29, 1.82) is 0 Å². The van der Waals surface area contributed by atoms with Gasteiger partial charge < -0.3 is 19.5 Å². The maximum Gasteiger partial charge on any atom is 0.341 e. The van der Waals surface area contributed by atoms with Gasteiger partial charge in [0.25, 0.3) is 5.91 Å². The van der Waals surface area contributed by atoms with Crippen molar-refractivity contribution in [3.05, 3.63) is 23.8 Å². The van der Waals surface area contributed by atoms with Crippen molar-refractivity contribution in [3.63, 3.8) is 0 Å². The summed E-state index contributed by atoms with van der Waals surface area (Å²) in [5.74, 6) is -0.344. The van der Waals surface area contributed by atoms with Crippen LogP contribution < -0.4 is 10.1 Å². The molecule has 0 aliphatic carbocycles. The predicted molar refractivity (Wildman–Crippen MR) is 97.1 cm³/mol. The summed E-state index contributed by atoms with van der Waals surface area (Å²) < 4.78 is 16.2. The fourth-order valence-electron chi connectivity index (χ4n) is 2.19. The average molecular weight is 351 g/mol. The summed E-state index contributed by atoms with van der Waals surface area (Å²) in [6, 6.07) is 4.92. The molecule has 1 N–H and O–H groups in total. The highest BCUT2D eigenvalue weighted by Gasteiger charge is 2.32. The molecule has 0 unspecified atom stereocenters. The number of benzene rings is 1.